The Morgan fingerprint density at radius 2 is 1.94 bits per heavy atom. The lowest BCUT2D eigenvalue weighted by Crippen LogP contribution is -2.28. The van der Waals surface area contributed by atoms with Gasteiger partial charge in [-0.25, -0.2) is 0 Å². The van der Waals surface area contributed by atoms with E-state index in [9.17, 15) is 5.11 Å². The minimum atomic E-state index is -0.732. The molecular formula is C16H27NO. The fourth-order valence-corrected chi connectivity index (χ4v) is 2.13. The summed E-state index contributed by atoms with van der Waals surface area (Å²) in [7, 11) is 0. The zero-order chi connectivity index (χ0) is 13.4. The molecule has 0 aliphatic heterocycles. The Morgan fingerprint density at radius 3 is 2.61 bits per heavy atom. The van der Waals surface area contributed by atoms with Crippen molar-refractivity contribution in [1.82, 2.24) is 5.32 Å². The van der Waals surface area contributed by atoms with Gasteiger partial charge in [0.1, 0.15) is 0 Å². The third-order valence-corrected chi connectivity index (χ3v) is 3.30. The van der Waals surface area contributed by atoms with Gasteiger partial charge in [-0.1, -0.05) is 44.5 Å². The highest BCUT2D eigenvalue weighted by atomic mass is 16.3. The summed E-state index contributed by atoms with van der Waals surface area (Å²) in [6, 6.07) is 8.36. The van der Waals surface area contributed by atoms with E-state index in [1.165, 1.54) is 5.56 Å². The van der Waals surface area contributed by atoms with Crippen molar-refractivity contribution in [1.29, 1.82) is 0 Å². The van der Waals surface area contributed by atoms with Crippen LogP contribution in [-0.2, 0) is 12.0 Å². The molecule has 0 aliphatic rings. The maximum atomic E-state index is 10.5. The number of hydrogen-bond donors (Lipinski definition) is 2. The standard InChI is InChI=1S/C16H27NO/c1-4-7-14-8-6-9-15(13-14)16(3,18)10-12-17-11-5-2/h6,8-9,13,17-18H,4-5,7,10-12H2,1-3H3. The number of rotatable bonds is 8. The highest BCUT2D eigenvalue weighted by molar-refractivity contribution is 5.28. The predicted molar refractivity (Wildman–Crippen MR) is 77.8 cm³/mol. The van der Waals surface area contributed by atoms with E-state index in [-0.39, 0.29) is 0 Å². The molecule has 0 saturated heterocycles. The second-order valence-electron chi connectivity index (χ2n) is 5.22. The van der Waals surface area contributed by atoms with Crippen LogP contribution in [0.25, 0.3) is 0 Å². The van der Waals surface area contributed by atoms with E-state index in [0.29, 0.717) is 0 Å². The van der Waals surface area contributed by atoms with Crippen LogP contribution < -0.4 is 5.32 Å². The largest absolute Gasteiger partial charge is 0.385 e. The molecule has 0 aliphatic carbocycles. The summed E-state index contributed by atoms with van der Waals surface area (Å²) in [4.78, 5) is 0. The summed E-state index contributed by atoms with van der Waals surface area (Å²) in [5.41, 5.74) is 1.62. The van der Waals surface area contributed by atoms with Crippen molar-refractivity contribution in [2.75, 3.05) is 13.1 Å². The minimum absolute atomic E-state index is 0.732. The van der Waals surface area contributed by atoms with Crippen LogP contribution in [0.4, 0.5) is 0 Å². The molecule has 0 aromatic heterocycles. The Hall–Kier alpha value is -0.860. The Labute approximate surface area is 111 Å². The molecule has 1 aromatic rings. The van der Waals surface area contributed by atoms with Crippen LogP contribution in [-0.4, -0.2) is 18.2 Å². The first-order valence-corrected chi connectivity index (χ1v) is 7.12. The van der Waals surface area contributed by atoms with Crippen LogP contribution in [0.5, 0.6) is 0 Å². The molecule has 1 rings (SSSR count). The first-order chi connectivity index (χ1) is 8.60. The van der Waals surface area contributed by atoms with Crippen LogP contribution in [0.2, 0.25) is 0 Å². The monoisotopic (exact) mass is 249 g/mol. The minimum Gasteiger partial charge on any atom is -0.385 e. The summed E-state index contributed by atoms with van der Waals surface area (Å²) < 4.78 is 0. The molecule has 102 valence electrons. The van der Waals surface area contributed by atoms with Crippen LogP contribution in [0.15, 0.2) is 24.3 Å². The molecule has 0 saturated carbocycles. The van der Waals surface area contributed by atoms with Gasteiger partial charge >= 0.3 is 0 Å². The van der Waals surface area contributed by atoms with Gasteiger partial charge in [0.2, 0.25) is 0 Å². The number of benzene rings is 1. The fourth-order valence-electron chi connectivity index (χ4n) is 2.13. The van der Waals surface area contributed by atoms with Crippen molar-refractivity contribution in [2.24, 2.45) is 0 Å². The first-order valence-electron chi connectivity index (χ1n) is 7.12. The summed E-state index contributed by atoms with van der Waals surface area (Å²) >= 11 is 0. The zero-order valence-corrected chi connectivity index (χ0v) is 12.0. The maximum Gasteiger partial charge on any atom is 0.0880 e. The molecule has 0 spiro atoms. The number of aryl methyl sites for hydroxylation is 1. The normalized spacial score (nSPS) is 14.4. The van der Waals surface area contributed by atoms with E-state index in [2.05, 4.69) is 31.3 Å². The van der Waals surface area contributed by atoms with Gasteiger partial charge in [0, 0.05) is 0 Å². The van der Waals surface area contributed by atoms with Gasteiger partial charge in [-0.05, 0) is 50.4 Å². The molecule has 0 amide bonds. The van der Waals surface area contributed by atoms with E-state index < -0.39 is 5.60 Å². The lowest BCUT2D eigenvalue weighted by atomic mass is 9.90. The van der Waals surface area contributed by atoms with Crippen LogP contribution >= 0.6 is 0 Å². The lowest BCUT2D eigenvalue weighted by Gasteiger charge is -2.24. The predicted octanol–water partition coefficient (Wildman–Crippen LogP) is 3.24. The Balaban J connectivity index is 2.62. The molecule has 0 fully saturated rings. The van der Waals surface area contributed by atoms with Gasteiger partial charge in [-0.2, -0.15) is 0 Å². The second-order valence-corrected chi connectivity index (χ2v) is 5.22. The molecule has 18 heavy (non-hydrogen) atoms. The zero-order valence-electron chi connectivity index (χ0n) is 12.0. The molecule has 2 N–H and O–H groups in total. The topological polar surface area (TPSA) is 32.3 Å². The van der Waals surface area contributed by atoms with Crippen LogP contribution in [0, 0.1) is 0 Å². The third kappa shape index (κ3) is 4.79. The fraction of sp³-hybridized carbons (Fsp3) is 0.625. The Bertz CT molecular complexity index is 347. The summed E-state index contributed by atoms with van der Waals surface area (Å²) in [6.07, 6.45) is 4.11. The van der Waals surface area contributed by atoms with Gasteiger partial charge in [0.05, 0.1) is 5.60 Å². The summed E-state index contributed by atoms with van der Waals surface area (Å²) in [6.45, 7) is 8.12. The smallest absolute Gasteiger partial charge is 0.0880 e. The van der Waals surface area contributed by atoms with Crippen molar-refractivity contribution in [3.05, 3.63) is 35.4 Å². The van der Waals surface area contributed by atoms with Gasteiger partial charge in [-0.15, -0.1) is 0 Å². The van der Waals surface area contributed by atoms with E-state index in [0.717, 1.165) is 44.3 Å². The quantitative estimate of drug-likeness (QED) is 0.693. The third-order valence-electron chi connectivity index (χ3n) is 3.30. The number of nitrogens with one attached hydrogen (secondary N) is 1. The van der Waals surface area contributed by atoms with E-state index in [1.54, 1.807) is 0 Å². The lowest BCUT2D eigenvalue weighted by molar-refractivity contribution is 0.0480. The molecule has 2 nitrogen and oxygen atoms in total. The highest BCUT2D eigenvalue weighted by Gasteiger charge is 2.22. The highest BCUT2D eigenvalue weighted by Crippen LogP contribution is 2.25. The Kier molecular flexibility index (Phi) is 6.37. The first kappa shape index (κ1) is 15.2. The van der Waals surface area contributed by atoms with Crippen molar-refractivity contribution in [2.45, 2.75) is 52.1 Å². The molecule has 1 unspecified atom stereocenters. The van der Waals surface area contributed by atoms with Crippen LogP contribution in [0.1, 0.15) is 51.2 Å². The SMILES string of the molecule is CCCNCCC(C)(O)c1cccc(CCC)c1. The molecule has 0 radical (unpaired) electrons. The van der Waals surface area contributed by atoms with Gasteiger partial charge in [0.25, 0.3) is 0 Å². The average molecular weight is 249 g/mol. The van der Waals surface area contributed by atoms with Crippen LogP contribution in [0.3, 0.4) is 0 Å². The number of hydrogen-bond acceptors (Lipinski definition) is 2. The van der Waals surface area contributed by atoms with Crippen molar-refractivity contribution >= 4 is 0 Å². The molecule has 0 heterocycles. The van der Waals surface area contributed by atoms with Gasteiger partial charge in [0.15, 0.2) is 0 Å². The van der Waals surface area contributed by atoms with E-state index in [4.69, 9.17) is 0 Å². The second kappa shape index (κ2) is 7.55. The Morgan fingerprint density at radius 1 is 1.17 bits per heavy atom. The van der Waals surface area contributed by atoms with Crippen molar-refractivity contribution < 1.29 is 5.11 Å². The number of aliphatic hydroxyl groups is 1. The van der Waals surface area contributed by atoms with Crippen molar-refractivity contribution in [3.63, 3.8) is 0 Å². The summed E-state index contributed by atoms with van der Waals surface area (Å²) in [5, 5.41) is 13.9. The molecule has 1 aromatic carbocycles. The molecule has 0 bridgehead atoms. The van der Waals surface area contributed by atoms with Gasteiger partial charge < -0.3 is 10.4 Å². The molecular weight excluding hydrogens is 222 g/mol. The molecule has 2 heteroatoms. The summed E-state index contributed by atoms with van der Waals surface area (Å²) in [5.74, 6) is 0. The van der Waals surface area contributed by atoms with E-state index >= 15 is 0 Å². The average Bonchev–Trinajstić information content (AvgIpc) is 2.36. The van der Waals surface area contributed by atoms with Gasteiger partial charge in [-0.3, -0.25) is 0 Å². The van der Waals surface area contributed by atoms with Crippen molar-refractivity contribution in [3.8, 4) is 0 Å². The van der Waals surface area contributed by atoms with E-state index in [1.807, 2.05) is 19.1 Å². The maximum absolute atomic E-state index is 10.5. The molecule has 1 atom stereocenters.